The quantitative estimate of drug-likeness (QED) is 0.845. The van der Waals surface area contributed by atoms with E-state index in [9.17, 15) is 4.79 Å². The molecule has 1 rings (SSSR count). The number of benzene rings is 1. The van der Waals surface area contributed by atoms with Crippen molar-refractivity contribution in [2.75, 3.05) is 20.6 Å². The average molecular weight is 227 g/mol. The fourth-order valence-corrected chi connectivity index (χ4v) is 1.36. The van der Waals surface area contributed by atoms with Crippen LogP contribution in [-0.2, 0) is 11.3 Å². The van der Waals surface area contributed by atoms with Crippen molar-refractivity contribution in [3.63, 3.8) is 0 Å². The van der Waals surface area contributed by atoms with Crippen LogP contribution in [0.3, 0.4) is 0 Å². The van der Waals surface area contributed by atoms with Crippen LogP contribution in [0.25, 0.3) is 0 Å². The predicted molar refractivity (Wildman–Crippen MR) is 61.9 cm³/mol. The van der Waals surface area contributed by atoms with Crippen molar-refractivity contribution in [1.29, 1.82) is 0 Å². The van der Waals surface area contributed by atoms with Gasteiger partial charge < -0.3 is 10.2 Å². The molecule has 1 amide bonds. The zero-order valence-electron chi connectivity index (χ0n) is 8.96. The molecule has 3 nitrogen and oxygen atoms in total. The first-order valence-corrected chi connectivity index (χ1v) is 5.14. The Labute approximate surface area is 95.0 Å². The third kappa shape index (κ3) is 3.90. The summed E-state index contributed by atoms with van der Waals surface area (Å²) >= 11 is 5.77. The molecule has 0 aromatic heterocycles. The second kappa shape index (κ2) is 5.73. The summed E-state index contributed by atoms with van der Waals surface area (Å²) in [4.78, 5) is 13.1. The smallest absolute Gasteiger partial charge is 0.236 e. The highest BCUT2D eigenvalue weighted by Gasteiger charge is 2.07. The maximum absolute atomic E-state index is 11.5. The second-order valence-corrected chi connectivity index (χ2v) is 3.84. The van der Waals surface area contributed by atoms with E-state index in [1.54, 1.807) is 19.0 Å². The Morgan fingerprint density at radius 2 is 2.00 bits per heavy atom. The van der Waals surface area contributed by atoms with Crippen LogP contribution in [0, 0.1) is 0 Å². The molecule has 0 unspecified atom stereocenters. The first kappa shape index (κ1) is 12.0. The van der Waals surface area contributed by atoms with Gasteiger partial charge in [-0.15, -0.1) is 0 Å². The van der Waals surface area contributed by atoms with Crippen LogP contribution in [0.2, 0.25) is 5.02 Å². The van der Waals surface area contributed by atoms with Crippen LogP contribution in [-0.4, -0.2) is 31.4 Å². The molecule has 1 N–H and O–H groups in total. The van der Waals surface area contributed by atoms with Gasteiger partial charge in [-0.25, -0.2) is 0 Å². The van der Waals surface area contributed by atoms with Crippen molar-refractivity contribution in [2.24, 2.45) is 0 Å². The van der Waals surface area contributed by atoms with Crippen LogP contribution >= 0.6 is 11.6 Å². The largest absolute Gasteiger partial charge is 0.340 e. The summed E-state index contributed by atoms with van der Waals surface area (Å²) in [5.41, 5.74) is 1.08. The van der Waals surface area contributed by atoms with E-state index in [-0.39, 0.29) is 5.91 Å². The molecular formula is C11H15ClN2O. The number of nitrogens with one attached hydrogen (secondary N) is 1. The topological polar surface area (TPSA) is 32.3 Å². The van der Waals surface area contributed by atoms with Crippen molar-refractivity contribution < 1.29 is 4.79 Å². The van der Waals surface area contributed by atoms with Gasteiger partial charge in [0, 0.05) is 18.6 Å². The molecular weight excluding hydrogens is 212 g/mol. The lowest BCUT2D eigenvalue weighted by atomic mass is 10.2. The average Bonchev–Trinajstić information content (AvgIpc) is 2.22. The van der Waals surface area contributed by atoms with Crippen LogP contribution in [0.5, 0.6) is 0 Å². The highest BCUT2D eigenvalue weighted by Crippen LogP contribution is 2.10. The molecule has 82 valence electrons. The molecule has 0 atom stereocenters. The van der Waals surface area contributed by atoms with E-state index in [2.05, 4.69) is 5.32 Å². The molecule has 0 saturated carbocycles. The van der Waals surface area contributed by atoms with Crippen molar-refractivity contribution >= 4 is 17.5 Å². The van der Waals surface area contributed by atoms with Gasteiger partial charge in [0.05, 0.1) is 6.54 Å². The van der Waals surface area contributed by atoms with E-state index in [1.807, 2.05) is 24.3 Å². The maximum atomic E-state index is 11.5. The molecule has 1 aromatic rings. The molecule has 15 heavy (non-hydrogen) atoms. The molecule has 0 aliphatic carbocycles. The van der Waals surface area contributed by atoms with E-state index in [1.165, 1.54) is 0 Å². The fourth-order valence-electron chi connectivity index (χ4n) is 1.24. The Bertz CT molecular complexity index is 324. The number of likely N-dealkylation sites (N-methyl/N-ethyl adjacent to an activating group) is 2. The van der Waals surface area contributed by atoms with Gasteiger partial charge in [0.1, 0.15) is 0 Å². The lowest BCUT2D eigenvalue weighted by molar-refractivity contribution is -0.129. The fraction of sp³-hybridized carbons (Fsp3) is 0.364. The number of amides is 1. The van der Waals surface area contributed by atoms with Crippen molar-refractivity contribution in [2.45, 2.75) is 6.54 Å². The number of hydrogen-bond donors (Lipinski definition) is 1. The summed E-state index contributed by atoms with van der Waals surface area (Å²) in [5.74, 6) is 0.0763. The summed E-state index contributed by atoms with van der Waals surface area (Å²) < 4.78 is 0. The lowest BCUT2D eigenvalue weighted by Crippen LogP contribution is -2.33. The highest BCUT2D eigenvalue weighted by atomic mass is 35.5. The third-order valence-corrected chi connectivity index (χ3v) is 2.34. The number of carbonyl (C=O) groups is 1. The van der Waals surface area contributed by atoms with Crippen LogP contribution in [0.1, 0.15) is 5.56 Å². The molecule has 0 bridgehead atoms. The minimum absolute atomic E-state index is 0.0763. The van der Waals surface area contributed by atoms with Gasteiger partial charge in [0.2, 0.25) is 5.91 Å². The SMILES string of the molecule is CNCC(=O)N(C)Cc1ccc(Cl)cc1. The van der Waals surface area contributed by atoms with E-state index in [0.717, 1.165) is 5.56 Å². The monoisotopic (exact) mass is 226 g/mol. The Kier molecular flexibility index (Phi) is 4.59. The molecule has 0 aliphatic heterocycles. The van der Waals surface area contributed by atoms with E-state index < -0.39 is 0 Å². The van der Waals surface area contributed by atoms with Crippen LogP contribution in [0.15, 0.2) is 24.3 Å². The minimum Gasteiger partial charge on any atom is -0.340 e. The summed E-state index contributed by atoms with van der Waals surface area (Å²) in [7, 11) is 3.54. The molecule has 0 aliphatic rings. The van der Waals surface area contributed by atoms with Crippen LogP contribution < -0.4 is 5.32 Å². The van der Waals surface area contributed by atoms with Crippen molar-refractivity contribution in [3.8, 4) is 0 Å². The number of nitrogens with zero attached hydrogens (tertiary/aromatic N) is 1. The number of rotatable bonds is 4. The number of hydrogen-bond acceptors (Lipinski definition) is 2. The Morgan fingerprint density at radius 1 is 1.40 bits per heavy atom. The Balaban J connectivity index is 2.54. The van der Waals surface area contributed by atoms with Gasteiger partial charge in [-0.05, 0) is 24.7 Å². The number of halogens is 1. The van der Waals surface area contributed by atoms with Gasteiger partial charge in [-0.3, -0.25) is 4.79 Å². The molecule has 0 heterocycles. The maximum Gasteiger partial charge on any atom is 0.236 e. The molecule has 0 fully saturated rings. The van der Waals surface area contributed by atoms with Gasteiger partial charge in [0.15, 0.2) is 0 Å². The first-order valence-electron chi connectivity index (χ1n) is 4.76. The zero-order chi connectivity index (χ0) is 11.3. The predicted octanol–water partition coefficient (Wildman–Crippen LogP) is 1.52. The summed E-state index contributed by atoms with van der Waals surface area (Å²) in [5, 5.41) is 3.54. The molecule has 0 spiro atoms. The van der Waals surface area contributed by atoms with Crippen LogP contribution in [0.4, 0.5) is 0 Å². The number of carbonyl (C=O) groups excluding carboxylic acids is 1. The standard InChI is InChI=1S/C11H15ClN2O/c1-13-7-11(15)14(2)8-9-3-5-10(12)6-4-9/h3-6,13H,7-8H2,1-2H3. The van der Waals surface area contributed by atoms with E-state index in [0.29, 0.717) is 18.1 Å². The van der Waals surface area contributed by atoms with E-state index in [4.69, 9.17) is 11.6 Å². The normalized spacial score (nSPS) is 10.1. The van der Waals surface area contributed by atoms with Crippen molar-refractivity contribution in [3.05, 3.63) is 34.9 Å². The van der Waals surface area contributed by atoms with Gasteiger partial charge in [-0.2, -0.15) is 0 Å². The zero-order valence-corrected chi connectivity index (χ0v) is 9.71. The van der Waals surface area contributed by atoms with Crippen molar-refractivity contribution in [1.82, 2.24) is 10.2 Å². The first-order chi connectivity index (χ1) is 7.13. The third-order valence-electron chi connectivity index (χ3n) is 2.09. The molecule has 0 saturated heterocycles. The lowest BCUT2D eigenvalue weighted by Gasteiger charge is -2.16. The minimum atomic E-state index is 0.0763. The van der Waals surface area contributed by atoms with E-state index >= 15 is 0 Å². The molecule has 4 heteroatoms. The van der Waals surface area contributed by atoms with Gasteiger partial charge >= 0.3 is 0 Å². The Hall–Kier alpha value is -1.06. The van der Waals surface area contributed by atoms with Gasteiger partial charge in [-0.1, -0.05) is 23.7 Å². The summed E-state index contributed by atoms with van der Waals surface area (Å²) in [6.45, 7) is 0.974. The second-order valence-electron chi connectivity index (χ2n) is 3.41. The molecule has 1 aromatic carbocycles. The van der Waals surface area contributed by atoms with Gasteiger partial charge in [0.25, 0.3) is 0 Å². The highest BCUT2D eigenvalue weighted by molar-refractivity contribution is 6.30. The summed E-state index contributed by atoms with van der Waals surface area (Å²) in [6.07, 6.45) is 0. The summed E-state index contributed by atoms with van der Waals surface area (Å²) in [6, 6.07) is 7.50. The Morgan fingerprint density at radius 3 is 2.53 bits per heavy atom. The molecule has 0 radical (unpaired) electrons.